The predicted molar refractivity (Wildman–Crippen MR) is 117 cm³/mol. The van der Waals surface area contributed by atoms with Gasteiger partial charge in [0.05, 0.1) is 18.0 Å². The third-order valence-corrected chi connectivity index (χ3v) is 5.58. The molecule has 0 aromatic heterocycles. The number of carbonyl (C=O) groups is 3. The van der Waals surface area contributed by atoms with Crippen LogP contribution in [0.25, 0.3) is 0 Å². The van der Waals surface area contributed by atoms with E-state index in [0.29, 0.717) is 18.7 Å². The van der Waals surface area contributed by atoms with Crippen LogP contribution < -0.4 is 5.32 Å². The van der Waals surface area contributed by atoms with Crippen molar-refractivity contribution in [1.82, 2.24) is 5.01 Å². The van der Waals surface area contributed by atoms with Crippen LogP contribution in [0, 0.1) is 5.82 Å². The minimum Gasteiger partial charge on any atom is -0.455 e. The van der Waals surface area contributed by atoms with Gasteiger partial charge in [-0.3, -0.25) is 14.4 Å². The Balaban J connectivity index is 1.39. The first-order chi connectivity index (χ1) is 14.9. The molecule has 31 heavy (non-hydrogen) atoms. The average molecular weight is 444 g/mol. The lowest BCUT2D eigenvalue weighted by molar-refractivity contribution is -0.151. The molecule has 0 spiro atoms. The monoisotopic (exact) mass is 443 g/mol. The van der Waals surface area contributed by atoms with Crippen molar-refractivity contribution in [2.24, 2.45) is 5.10 Å². The van der Waals surface area contributed by atoms with E-state index in [9.17, 15) is 18.8 Å². The second kappa shape index (κ2) is 10.7. The Labute approximate surface area is 183 Å². The normalized spacial score (nSPS) is 14.0. The van der Waals surface area contributed by atoms with Gasteiger partial charge in [0.1, 0.15) is 11.1 Å². The summed E-state index contributed by atoms with van der Waals surface area (Å²) in [5.41, 5.74) is 2.24. The summed E-state index contributed by atoms with van der Waals surface area (Å²) < 4.78 is 18.0. The summed E-state index contributed by atoms with van der Waals surface area (Å²) in [5, 5.41) is 7.61. The molecular weight excluding hydrogens is 421 g/mol. The lowest BCUT2D eigenvalue weighted by Crippen LogP contribution is -2.30. The molecule has 2 aromatic carbocycles. The zero-order valence-electron chi connectivity index (χ0n) is 16.9. The number of hydrogen-bond acceptors (Lipinski definition) is 6. The lowest BCUT2D eigenvalue weighted by atomic mass is 10.1. The summed E-state index contributed by atoms with van der Waals surface area (Å²) in [7, 11) is 0. The summed E-state index contributed by atoms with van der Waals surface area (Å²) >= 11 is 1.08. The number of anilines is 1. The van der Waals surface area contributed by atoms with Gasteiger partial charge in [-0.25, -0.2) is 9.40 Å². The minimum absolute atomic E-state index is 0.0123. The first kappa shape index (κ1) is 22.5. The molecule has 0 saturated heterocycles. The molecule has 7 nitrogen and oxygen atoms in total. The summed E-state index contributed by atoms with van der Waals surface area (Å²) in [6.45, 7) is 1.63. The first-order valence-electron chi connectivity index (χ1n) is 9.69. The zero-order valence-corrected chi connectivity index (χ0v) is 17.7. The quantitative estimate of drug-likeness (QED) is 0.634. The van der Waals surface area contributed by atoms with Gasteiger partial charge in [-0.15, -0.1) is 11.8 Å². The van der Waals surface area contributed by atoms with Crippen molar-refractivity contribution in [3.8, 4) is 0 Å². The minimum atomic E-state index is -0.631. The van der Waals surface area contributed by atoms with E-state index in [1.54, 1.807) is 6.92 Å². The molecule has 2 aromatic rings. The summed E-state index contributed by atoms with van der Waals surface area (Å²) in [5.74, 6) is -1.69. The van der Waals surface area contributed by atoms with E-state index in [-0.39, 0.29) is 11.7 Å². The van der Waals surface area contributed by atoms with E-state index in [4.69, 9.17) is 4.74 Å². The highest BCUT2D eigenvalue weighted by Gasteiger charge is 2.24. The van der Waals surface area contributed by atoms with E-state index >= 15 is 0 Å². The highest BCUT2D eigenvalue weighted by molar-refractivity contribution is 8.01. The molecule has 162 valence electrons. The highest BCUT2D eigenvalue weighted by Crippen LogP contribution is 2.16. The van der Waals surface area contributed by atoms with Crippen LogP contribution in [0.1, 0.15) is 18.9 Å². The van der Waals surface area contributed by atoms with Gasteiger partial charge >= 0.3 is 5.97 Å². The van der Waals surface area contributed by atoms with Crippen LogP contribution in [0.15, 0.2) is 59.7 Å². The molecule has 0 radical (unpaired) electrons. The molecule has 1 N–H and O–H groups in total. The van der Waals surface area contributed by atoms with Crippen molar-refractivity contribution < 1.29 is 23.5 Å². The van der Waals surface area contributed by atoms with Crippen molar-refractivity contribution in [3.63, 3.8) is 0 Å². The number of nitrogens with one attached hydrogen (secondary N) is 1. The Morgan fingerprint density at radius 1 is 1.16 bits per heavy atom. The molecule has 3 rings (SSSR count). The number of nitrogens with zero attached hydrogens (tertiary/aromatic N) is 2. The van der Waals surface area contributed by atoms with Crippen LogP contribution >= 0.6 is 11.8 Å². The van der Waals surface area contributed by atoms with Crippen LogP contribution in [0.5, 0.6) is 0 Å². The van der Waals surface area contributed by atoms with Crippen LogP contribution in [0.4, 0.5) is 10.1 Å². The van der Waals surface area contributed by atoms with Gasteiger partial charge in [-0.1, -0.05) is 30.3 Å². The number of rotatable bonds is 8. The van der Waals surface area contributed by atoms with Crippen molar-refractivity contribution >= 4 is 40.9 Å². The third kappa shape index (κ3) is 6.65. The maximum absolute atomic E-state index is 12.9. The molecule has 1 aliphatic rings. The molecule has 1 aliphatic heterocycles. The van der Waals surface area contributed by atoms with E-state index in [1.807, 2.05) is 30.3 Å². The number of hydrazone groups is 1. The molecular formula is C22H22FN3O4S. The Morgan fingerprint density at radius 3 is 2.58 bits per heavy atom. The Morgan fingerprint density at radius 2 is 1.87 bits per heavy atom. The van der Waals surface area contributed by atoms with E-state index in [0.717, 1.165) is 23.0 Å². The lowest BCUT2D eigenvalue weighted by Gasteiger charge is -2.14. The van der Waals surface area contributed by atoms with E-state index in [2.05, 4.69) is 10.4 Å². The van der Waals surface area contributed by atoms with E-state index in [1.165, 1.54) is 29.3 Å². The van der Waals surface area contributed by atoms with Gasteiger partial charge < -0.3 is 10.1 Å². The number of esters is 1. The second-order valence-corrected chi connectivity index (χ2v) is 8.12. The smallest absolute Gasteiger partial charge is 0.319 e. The molecule has 1 unspecified atom stereocenters. The number of halogens is 1. The topological polar surface area (TPSA) is 88.1 Å². The summed E-state index contributed by atoms with van der Waals surface area (Å²) in [6, 6.07) is 15.0. The summed E-state index contributed by atoms with van der Waals surface area (Å²) in [6.07, 6.45) is 0.638. The Bertz CT molecular complexity index is 966. The fourth-order valence-corrected chi connectivity index (χ4v) is 3.47. The van der Waals surface area contributed by atoms with Crippen molar-refractivity contribution in [3.05, 3.63) is 66.0 Å². The van der Waals surface area contributed by atoms with E-state index < -0.39 is 29.6 Å². The first-order valence-corrected chi connectivity index (χ1v) is 10.7. The number of carbonyl (C=O) groups excluding carboxylic acids is 3. The molecule has 1 atom stereocenters. The van der Waals surface area contributed by atoms with Gasteiger partial charge in [0.15, 0.2) is 6.61 Å². The fourth-order valence-electron chi connectivity index (χ4n) is 2.79. The van der Waals surface area contributed by atoms with Crippen LogP contribution in [-0.2, 0) is 19.1 Å². The van der Waals surface area contributed by atoms with Crippen molar-refractivity contribution in [2.45, 2.75) is 18.6 Å². The van der Waals surface area contributed by atoms with Gasteiger partial charge in [0.2, 0.25) is 5.91 Å². The number of ether oxygens (including phenoxy) is 1. The van der Waals surface area contributed by atoms with Gasteiger partial charge in [-0.2, -0.15) is 5.10 Å². The van der Waals surface area contributed by atoms with Crippen LogP contribution in [-0.4, -0.2) is 52.7 Å². The highest BCUT2D eigenvalue weighted by atomic mass is 32.2. The molecule has 0 fully saturated rings. The fraction of sp³-hybridized carbons (Fsp3) is 0.273. The van der Waals surface area contributed by atoms with Gasteiger partial charge in [0, 0.05) is 12.1 Å². The van der Waals surface area contributed by atoms with Gasteiger partial charge in [0.25, 0.3) is 5.91 Å². The van der Waals surface area contributed by atoms with Crippen LogP contribution in [0.3, 0.4) is 0 Å². The van der Waals surface area contributed by atoms with Crippen molar-refractivity contribution in [1.29, 1.82) is 0 Å². The molecule has 0 aliphatic carbocycles. The van der Waals surface area contributed by atoms with Crippen molar-refractivity contribution in [2.75, 3.05) is 24.2 Å². The zero-order chi connectivity index (χ0) is 22.2. The van der Waals surface area contributed by atoms with Gasteiger partial charge in [-0.05, 0) is 36.8 Å². The molecule has 0 saturated carbocycles. The molecule has 1 heterocycles. The number of thioether (sulfide) groups is 1. The average Bonchev–Trinajstić information content (AvgIpc) is 3.28. The predicted octanol–water partition coefficient (Wildman–Crippen LogP) is 3.07. The third-order valence-electron chi connectivity index (χ3n) is 4.46. The summed E-state index contributed by atoms with van der Waals surface area (Å²) in [4.78, 5) is 36.4. The maximum atomic E-state index is 12.9. The second-order valence-electron chi connectivity index (χ2n) is 6.80. The molecule has 2 amide bonds. The maximum Gasteiger partial charge on any atom is 0.319 e. The Hall–Kier alpha value is -3.20. The Kier molecular flexibility index (Phi) is 7.77. The number of hydrogen-bond donors (Lipinski definition) is 1. The standard InChI is InChI=1S/C22H22FN3O4S/c1-15(31-14-20(27)24-18-9-7-17(23)8-10-18)22(29)30-13-21(28)26-12-11-19(25-26)16-5-3-2-4-6-16/h2-10,15H,11-14H2,1H3,(H,24,27). The molecule has 9 heteroatoms. The largest absolute Gasteiger partial charge is 0.455 e. The van der Waals surface area contributed by atoms with Crippen LogP contribution in [0.2, 0.25) is 0 Å². The number of benzene rings is 2. The SMILES string of the molecule is CC(SCC(=O)Nc1ccc(F)cc1)C(=O)OCC(=O)N1CCC(c2ccccc2)=N1. The number of amides is 2. The molecule has 0 bridgehead atoms.